The van der Waals surface area contributed by atoms with Crippen LogP contribution in [0.3, 0.4) is 0 Å². The summed E-state index contributed by atoms with van der Waals surface area (Å²) in [6.07, 6.45) is 8.71. The van der Waals surface area contributed by atoms with Crippen LogP contribution in [0.5, 0.6) is 0 Å². The first-order chi connectivity index (χ1) is 16.1. The van der Waals surface area contributed by atoms with Crippen molar-refractivity contribution in [2.75, 3.05) is 32.8 Å². The molecule has 3 aromatic rings. The van der Waals surface area contributed by atoms with Gasteiger partial charge in [-0.1, -0.05) is 12.1 Å². The largest absolute Gasteiger partial charge is 0.379 e. The Hall–Kier alpha value is -3.63. The Bertz CT molecular complexity index is 1060. The number of hydrogen-bond acceptors (Lipinski definition) is 7. The highest BCUT2D eigenvalue weighted by atomic mass is 16.5. The molecule has 1 unspecified atom stereocenters. The molecule has 10 nitrogen and oxygen atoms in total. The predicted octanol–water partition coefficient (Wildman–Crippen LogP) is 0.777. The number of carbonyl (C=O) groups is 2. The van der Waals surface area contributed by atoms with Gasteiger partial charge in [-0.15, -0.1) is 0 Å². The fourth-order valence-electron chi connectivity index (χ4n) is 3.74. The van der Waals surface area contributed by atoms with Gasteiger partial charge in [-0.05, 0) is 30.2 Å². The van der Waals surface area contributed by atoms with Gasteiger partial charge in [-0.3, -0.25) is 24.0 Å². The summed E-state index contributed by atoms with van der Waals surface area (Å²) in [4.78, 5) is 39.8. The predicted molar refractivity (Wildman–Crippen MR) is 120 cm³/mol. The zero-order chi connectivity index (χ0) is 23.0. The maximum absolute atomic E-state index is 12.4. The second-order valence-corrected chi connectivity index (χ2v) is 7.71. The zero-order valence-corrected chi connectivity index (χ0v) is 18.5. The molecule has 1 aliphatic heterocycles. The van der Waals surface area contributed by atoms with Gasteiger partial charge in [-0.2, -0.15) is 0 Å². The molecule has 0 bridgehead atoms. The minimum absolute atomic E-state index is 0.0808. The van der Waals surface area contributed by atoms with Crippen LogP contribution in [0.2, 0.25) is 0 Å². The monoisotopic (exact) mass is 449 g/mol. The van der Waals surface area contributed by atoms with E-state index in [1.54, 1.807) is 24.8 Å². The third-order valence-electron chi connectivity index (χ3n) is 5.55. The van der Waals surface area contributed by atoms with Crippen molar-refractivity contribution in [2.45, 2.75) is 19.5 Å². The van der Waals surface area contributed by atoms with Gasteiger partial charge in [0.25, 0.3) is 0 Å². The lowest BCUT2D eigenvalue weighted by Gasteiger charge is -2.34. The molecule has 2 amide bonds. The van der Waals surface area contributed by atoms with Crippen LogP contribution in [-0.2, 0) is 20.9 Å². The first kappa shape index (κ1) is 22.6. The Morgan fingerprint density at radius 3 is 2.55 bits per heavy atom. The van der Waals surface area contributed by atoms with Crippen molar-refractivity contribution in [2.24, 2.45) is 0 Å². The number of morpholine rings is 1. The number of nitrogens with zero attached hydrogens (tertiary/aromatic N) is 5. The van der Waals surface area contributed by atoms with Crippen molar-refractivity contribution in [3.63, 3.8) is 0 Å². The molecule has 0 saturated carbocycles. The Morgan fingerprint density at radius 1 is 1.06 bits per heavy atom. The molecule has 0 aliphatic carbocycles. The first-order valence-corrected chi connectivity index (χ1v) is 10.8. The molecule has 33 heavy (non-hydrogen) atoms. The highest BCUT2D eigenvalue weighted by Crippen LogP contribution is 2.20. The SMILES string of the molecule is Cc1nccn1-c1ccc(CNC(=O)C(=O)NCC(c2cccnc2)N2CCOCC2)cn1. The molecule has 4 rings (SSSR count). The van der Waals surface area contributed by atoms with E-state index in [0.717, 1.165) is 35.9 Å². The summed E-state index contributed by atoms with van der Waals surface area (Å²) >= 11 is 0. The van der Waals surface area contributed by atoms with Gasteiger partial charge in [-0.25, -0.2) is 9.97 Å². The third-order valence-corrected chi connectivity index (χ3v) is 5.55. The van der Waals surface area contributed by atoms with Crippen LogP contribution in [0.4, 0.5) is 0 Å². The van der Waals surface area contributed by atoms with E-state index < -0.39 is 11.8 Å². The molecule has 0 spiro atoms. The van der Waals surface area contributed by atoms with E-state index in [2.05, 4.69) is 30.5 Å². The lowest BCUT2D eigenvalue weighted by Crippen LogP contribution is -2.46. The van der Waals surface area contributed by atoms with Crippen molar-refractivity contribution in [1.82, 2.24) is 35.1 Å². The summed E-state index contributed by atoms with van der Waals surface area (Å²) in [5, 5.41) is 5.41. The van der Waals surface area contributed by atoms with E-state index >= 15 is 0 Å². The fraction of sp³-hybridized carbons (Fsp3) is 0.348. The van der Waals surface area contributed by atoms with Crippen LogP contribution in [-0.4, -0.2) is 69.1 Å². The van der Waals surface area contributed by atoms with Gasteiger partial charge >= 0.3 is 11.8 Å². The molecular weight excluding hydrogens is 422 g/mol. The normalized spacial score (nSPS) is 15.1. The van der Waals surface area contributed by atoms with Gasteiger partial charge in [0.15, 0.2) is 0 Å². The Kier molecular flexibility index (Phi) is 7.38. The van der Waals surface area contributed by atoms with E-state index in [1.807, 2.05) is 42.0 Å². The molecule has 1 aliphatic rings. The number of hydrogen-bond donors (Lipinski definition) is 2. The molecule has 1 atom stereocenters. The fourth-order valence-corrected chi connectivity index (χ4v) is 3.74. The quantitative estimate of drug-likeness (QED) is 0.512. The summed E-state index contributed by atoms with van der Waals surface area (Å²) in [6, 6.07) is 7.46. The average Bonchev–Trinajstić information content (AvgIpc) is 3.30. The van der Waals surface area contributed by atoms with Crippen LogP contribution in [0, 0.1) is 6.92 Å². The van der Waals surface area contributed by atoms with Crippen LogP contribution < -0.4 is 10.6 Å². The van der Waals surface area contributed by atoms with Gasteiger partial charge in [0, 0.05) is 57.2 Å². The van der Waals surface area contributed by atoms with E-state index in [-0.39, 0.29) is 12.6 Å². The highest BCUT2D eigenvalue weighted by Gasteiger charge is 2.24. The number of aromatic nitrogens is 4. The zero-order valence-electron chi connectivity index (χ0n) is 18.5. The second kappa shape index (κ2) is 10.8. The van der Waals surface area contributed by atoms with Gasteiger partial charge in [0.2, 0.25) is 0 Å². The molecular formula is C23H27N7O3. The highest BCUT2D eigenvalue weighted by molar-refractivity contribution is 6.35. The van der Waals surface area contributed by atoms with Crippen molar-refractivity contribution in [3.05, 3.63) is 72.2 Å². The smallest absolute Gasteiger partial charge is 0.309 e. The molecule has 1 saturated heterocycles. The Labute approximate surface area is 192 Å². The summed E-state index contributed by atoms with van der Waals surface area (Å²) in [5.41, 5.74) is 1.78. The molecule has 0 radical (unpaired) electrons. The minimum Gasteiger partial charge on any atom is -0.379 e. The number of amides is 2. The van der Waals surface area contributed by atoms with Crippen molar-refractivity contribution in [1.29, 1.82) is 0 Å². The number of pyridine rings is 2. The van der Waals surface area contributed by atoms with E-state index in [4.69, 9.17) is 4.74 Å². The number of ether oxygens (including phenoxy) is 1. The summed E-state index contributed by atoms with van der Waals surface area (Å²) in [6.45, 7) is 5.19. The topological polar surface area (TPSA) is 114 Å². The Morgan fingerprint density at radius 2 is 1.88 bits per heavy atom. The van der Waals surface area contributed by atoms with Gasteiger partial charge in [0.05, 0.1) is 19.3 Å². The number of aryl methyl sites for hydroxylation is 1. The molecule has 4 heterocycles. The van der Waals surface area contributed by atoms with E-state index in [1.165, 1.54) is 0 Å². The first-order valence-electron chi connectivity index (χ1n) is 10.8. The van der Waals surface area contributed by atoms with E-state index in [0.29, 0.717) is 19.8 Å². The molecule has 10 heteroatoms. The van der Waals surface area contributed by atoms with Crippen molar-refractivity contribution < 1.29 is 14.3 Å². The standard InChI is InChI=1S/C23H27N7O3/c1-17-25-7-8-30(17)21-5-4-18(13-26-21)14-27-22(31)23(32)28-16-20(19-3-2-6-24-15-19)29-9-11-33-12-10-29/h2-8,13,15,20H,9-12,14,16H2,1H3,(H,27,31)(H,28,32). The molecule has 3 aromatic heterocycles. The molecule has 0 aromatic carbocycles. The van der Waals surface area contributed by atoms with Gasteiger partial charge in [0.1, 0.15) is 11.6 Å². The average molecular weight is 450 g/mol. The van der Waals surface area contributed by atoms with Crippen LogP contribution in [0.15, 0.2) is 55.2 Å². The lowest BCUT2D eigenvalue weighted by molar-refractivity contribution is -0.139. The molecule has 2 N–H and O–H groups in total. The van der Waals surface area contributed by atoms with Crippen LogP contribution >= 0.6 is 0 Å². The van der Waals surface area contributed by atoms with Crippen molar-refractivity contribution in [3.8, 4) is 5.82 Å². The second-order valence-electron chi connectivity index (χ2n) is 7.71. The Balaban J connectivity index is 1.30. The van der Waals surface area contributed by atoms with E-state index in [9.17, 15) is 9.59 Å². The summed E-state index contributed by atoms with van der Waals surface area (Å²) in [5.74, 6) is 0.219. The number of nitrogens with one attached hydrogen (secondary N) is 2. The lowest BCUT2D eigenvalue weighted by atomic mass is 10.1. The minimum atomic E-state index is -0.684. The number of imidazole rings is 1. The maximum Gasteiger partial charge on any atom is 0.309 e. The third kappa shape index (κ3) is 5.79. The number of carbonyl (C=O) groups excluding carboxylic acids is 2. The van der Waals surface area contributed by atoms with Crippen molar-refractivity contribution >= 4 is 11.8 Å². The van der Waals surface area contributed by atoms with Crippen LogP contribution in [0.1, 0.15) is 23.0 Å². The van der Waals surface area contributed by atoms with Gasteiger partial charge < -0.3 is 15.4 Å². The number of rotatable bonds is 7. The maximum atomic E-state index is 12.4. The molecule has 172 valence electrons. The molecule has 1 fully saturated rings. The van der Waals surface area contributed by atoms with Crippen LogP contribution in [0.25, 0.3) is 5.82 Å². The summed E-state index contributed by atoms with van der Waals surface area (Å²) < 4.78 is 7.30. The summed E-state index contributed by atoms with van der Waals surface area (Å²) in [7, 11) is 0.